The molecule has 0 aliphatic heterocycles. The van der Waals surface area contributed by atoms with Crippen LogP contribution in [0.15, 0.2) is 60.8 Å². The molecule has 0 fully saturated rings. The fourth-order valence-electron chi connectivity index (χ4n) is 2.64. The Morgan fingerprint density at radius 2 is 1.87 bits per heavy atom. The van der Waals surface area contributed by atoms with Crippen LogP contribution in [0.2, 0.25) is 0 Å². The Morgan fingerprint density at radius 3 is 2.65 bits per heavy atom. The van der Waals surface area contributed by atoms with Crippen molar-refractivity contribution >= 4 is 22.3 Å². The predicted octanol–water partition coefficient (Wildman–Crippen LogP) is 4.19. The maximum absolute atomic E-state index is 11.4. The highest BCUT2D eigenvalue weighted by Crippen LogP contribution is 2.32. The Hall–Kier alpha value is -2.95. The molecule has 2 aromatic carbocycles. The number of anilines is 1. The van der Waals surface area contributed by atoms with Gasteiger partial charge in [-0.05, 0) is 42.7 Å². The molecule has 3 aromatic rings. The van der Waals surface area contributed by atoms with Gasteiger partial charge in [-0.1, -0.05) is 30.3 Å². The van der Waals surface area contributed by atoms with Gasteiger partial charge in [0.05, 0.1) is 15.8 Å². The molecule has 0 amide bonds. The third-order valence-corrected chi connectivity index (χ3v) is 3.74. The second-order valence-corrected chi connectivity index (χ2v) is 5.30. The van der Waals surface area contributed by atoms with E-state index in [9.17, 15) is 10.1 Å². The highest BCUT2D eigenvalue weighted by atomic mass is 16.6. The standard InChI is InChI=1S/C18H17N3O2/c22-21(23)18-15-9-5-13-19-16(15)10-11-17(18)20-12-4-8-14-6-2-1-3-7-14/h1-3,5-7,9-11,13,20H,4,8,12H2. The van der Waals surface area contributed by atoms with Crippen LogP contribution >= 0.6 is 0 Å². The summed E-state index contributed by atoms with van der Waals surface area (Å²) in [6.45, 7) is 0.682. The number of hydrogen-bond acceptors (Lipinski definition) is 4. The largest absolute Gasteiger partial charge is 0.379 e. The maximum atomic E-state index is 11.4. The van der Waals surface area contributed by atoms with E-state index in [0.717, 1.165) is 12.8 Å². The third-order valence-electron chi connectivity index (χ3n) is 3.74. The lowest BCUT2D eigenvalue weighted by Crippen LogP contribution is -2.06. The van der Waals surface area contributed by atoms with E-state index in [1.165, 1.54) is 5.56 Å². The molecule has 0 saturated carbocycles. The number of rotatable bonds is 6. The van der Waals surface area contributed by atoms with Gasteiger partial charge in [-0.2, -0.15) is 0 Å². The van der Waals surface area contributed by atoms with Gasteiger partial charge in [0.2, 0.25) is 0 Å². The minimum Gasteiger partial charge on any atom is -0.379 e. The van der Waals surface area contributed by atoms with Gasteiger partial charge in [0, 0.05) is 12.7 Å². The smallest absolute Gasteiger partial charge is 0.301 e. The summed E-state index contributed by atoms with van der Waals surface area (Å²) in [7, 11) is 0. The molecule has 0 saturated heterocycles. The topological polar surface area (TPSA) is 68.1 Å². The van der Waals surface area contributed by atoms with Crippen molar-refractivity contribution in [3.63, 3.8) is 0 Å². The van der Waals surface area contributed by atoms with Crippen LogP contribution < -0.4 is 5.32 Å². The van der Waals surface area contributed by atoms with Gasteiger partial charge in [0.25, 0.3) is 0 Å². The van der Waals surface area contributed by atoms with Crippen molar-refractivity contribution in [3.8, 4) is 0 Å². The molecule has 0 spiro atoms. The van der Waals surface area contributed by atoms with Crippen LogP contribution in [-0.2, 0) is 6.42 Å². The van der Waals surface area contributed by atoms with E-state index in [0.29, 0.717) is 23.1 Å². The first-order valence-electron chi connectivity index (χ1n) is 7.55. The molecule has 1 heterocycles. The average Bonchev–Trinajstić information content (AvgIpc) is 2.59. The summed E-state index contributed by atoms with van der Waals surface area (Å²) >= 11 is 0. The van der Waals surface area contributed by atoms with E-state index in [1.807, 2.05) is 24.3 Å². The molecule has 5 heteroatoms. The van der Waals surface area contributed by atoms with Gasteiger partial charge in [-0.25, -0.2) is 0 Å². The van der Waals surface area contributed by atoms with Crippen molar-refractivity contribution < 1.29 is 4.92 Å². The number of aryl methyl sites for hydroxylation is 1. The van der Waals surface area contributed by atoms with Crippen LogP contribution in [0.5, 0.6) is 0 Å². The summed E-state index contributed by atoms with van der Waals surface area (Å²) in [5, 5.41) is 15.2. The molecule has 5 nitrogen and oxygen atoms in total. The van der Waals surface area contributed by atoms with Crippen molar-refractivity contribution in [1.29, 1.82) is 0 Å². The summed E-state index contributed by atoms with van der Waals surface area (Å²) in [5.41, 5.74) is 2.54. The fraction of sp³-hybridized carbons (Fsp3) is 0.167. The first-order valence-corrected chi connectivity index (χ1v) is 7.55. The monoisotopic (exact) mass is 307 g/mol. The van der Waals surface area contributed by atoms with Crippen LogP contribution in [0.4, 0.5) is 11.4 Å². The molecule has 1 N–H and O–H groups in total. The summed E-state index contributed by atoms with van der Waals surface area (Å²) < 4.78 is 0. The SMILES string of the molecule is O=[N+]([O-])c1c(NCCCc2ccccc2)ccc2ncccc12. The molecule has 23 heavy (non-hydrogen) atoms. The lowest BCUT2D eigenvalue weighted by molar-refractivity contribution is -0.382. The molecular weight excluding hydrogens is 290 g/mol. The van der Waals surface area contributed by atoms with Crippen LogP contribution in [0.25, 0.3) is 10.9 Å². The Balaban J connectivity index is 1.72. The molecule has 3 rings (SSSR count). The van der Waals surface area contributed by atoms with Crippen LogP contribution in [-0.4, -0.2) is 16.5 Å². The van der Waals surface area contributed by atoms with E-state index >= 15 is 0 Å². The number of nitro benzene ring substituents is 1. The molecule has 0 aliphatic carbocycles. The number of hydrogen-bond donors (Lipinski definition) is 1. The highest BCUT2D eigenvalue weighted by Gasteiger charge is 2.18. The Labute approximate surface area is 134 Å². The molecule has 0 bridgehead atoms. The number of aromatic nitrogens is 1. The minimum atomic E-state index is -0.344. The van der Waals surface area contributed by atoms with Gasteiger partial charge in [0.1, 0.15) is 5.69 Å². The maximum Gasteiger partial charge on any atom is 0.301 e. The predicted molar refractivity (Wildman–Crippen MR) is 91.7 cm³/mol. The zero-order valence-electron chi connectivity index (χ0n) is 12.6. The number of benzene rings is 2. The van der Waals surface area contributed by atoms with Crippen LogP contribution in [0.1, 0.15) is 12.0 Å². The third kappa shape index (κ3) is 3.45. The number of pyridine rings is 1. The van der Waals surface area contributed by atoms with Gasteiger partial charge in [-0.3, -0.25) is 15.1 Å². The molecule has 0 aliphatic rings. The van der Waals surface area contributed by atoms with Gasteiger partial charge >= 0.3 is 5.69 Å². The zero-order chi connectivity index (χ0) is 16.1. The number of nitro groups is 1. The summed E-state index contributed by atoms with van der Waals surface area (Å²) in [5.74, 6) is 0. The average molecular weight is 307 g/mol. The summed E-state index contributed by atoms with van der Waals surface area (Å²) in [6, 6.07) is 17.2. The molecule has 0 radical (unpaired) electrons. The quantitative estimate of drug-likeness (QED) is 0.421. The molecular formula is C18H17N3O2. The van der Waals surface area contributed by atoms with Crippen LogP contribution in [0, 0.1) is 10.1 Å². The van der Waals surface area contributed by atoms with Crippen molar-refractivity contribution in [2.75, 3.05) is 11.9 Å². The summed E-state index contributed by atoms with van der Waals surface area (Å²) in [6.07, 6.45) is 3.49. The number of fused-ring (bicyclic) bond motifs is 1. The first-order chi connectivity index (χ1) is 11.3. The van der Waals surface area contributed by atoms with Gasteiger partial charge < -0.3 is 5.32 Å². The van der Waals surface area contributed by atoms with E-state index in [2.05, 4.69) is 22.4 Å². The molecule has 116 valence electrons. The zero-order valence-corrected chi connectivity index (χ0v) is 12.6. The van der Waals surface area contributed by atoms with Gasteiger partial charge in [0.15, 0.2) is 0 Å². The summed E-state index contributed by atoms with van der Waals surface area (Å²) in [4.78, 5) is 15.3. The number of nitrogens with one attached hydrogen (secondary N) is 1. The normalized spacial score (nSPS) is 10.6. The van der Waals surface area contributed by atoms with E-state index in [4.69, 9.17) is 0 Å². The van der Waals surface area contributed by atoms with Crippen LogP contribution in [0.3, 0.4) is 0 Å². The van der Waals surface area contributed by atoms with E-state index in [-0.39, 0.29) is 10.6 Å². The second-order valence-electron chi connectivity index (χ2n) is 5.30. The highest BCUT2D eigenvalue weighted by molar-refractivity contribution is 5.94. The minimum absolute atomic E-state index is 0.0929. The van der Waals surface area contributed by atoms with Crippen molar-refractivity contribution in [2.24, 2.45) is 0 Å². The second kappa shape index (κ2) is 6.87. The fourth-order valence-corrected chi connectivity index (χ4v) is 2.64. The van der Waals surface area contributed by atoms with Crippen molar-refractivity contribution in [1.82, 2.24) is 4.98 Å². The Morgan fingerprint density at radius 1 is 1.04 bits per heavy atom. The molecule has 1 aromatic heterocycles. The van der Waals surface area contributed by atoms with Gasteiger partial charge in [-0.15, -0.1) is 0 Å². The Kier molecular flexibility index (Phi) is 4.47. The Bertz CT molecular complexity index is 819. The van der Waals surface area contributed by atoms with E-state index < -0.39 is 0 Å². The van der Waals surface area contributed by atoms with E-state index in [1.54, 1.807) is 24.4 Å². The first kappa shape index (κ1) is 15.0. The number of nitrogens with zero attached hydrogens (tertiary/aromatic N) is 2. The van der Waals surface area contributed by atoms with Crippen molar-refractivity contribution in [3.05, 3.63) is 76.5 Å². The molecule has 0 atom stereocenters. The van der Waals surface area contributed by atoms with Crippen molar-refractivity contribution in [2.45, 2.75) is 12.8 Å². The lowest BCUT2D eigenvalue weighted by atomic mass is 10.1. The molecule has 0 unspecified atom stereocenters. The lowest BCUT2D eigenvalue weighted by Gasteiger charge is -2.09.